The third-order valence-corrected chi connectivity index (χ3v) is 2.25. The standard InChI is InChI=1S/C11H13N3O3/c1-8(6-14-5-4-12-7-14)13-10-3-2-9(17-10)11(15)16/h2-5,7-8,13H,6H2,1H3,(H,15,16). The van der Waals surface area contributed by atoms with Crippen LogP contribution in [0.5, 0.6) is 0 Å². The fraction of sp³-hybridized carbons (Fsp3) is 0.273. The molecule has 0 saturated heterocycles. The Morgan fingerprint density at radius 2 is 2.47 bits per heavy atom. The second-order valence-corrected chi connectivity index (χ2v) is 3.77. The maximum absolute atomic E-state index is 10.6. The molecule has 0 fully saturated rings. The summed E-state index contributed by atoms with van der Waals surface area (Å²) >= 11 is 0. The van der Waals surface area contributed by atoms with Crippen molar-refractivity contribution in [2.24, 2.45) is 0 Å². The summed E-state index contributed by atoms with van der Waals surface area (Å²) in [7, 11) is 0. The summed E-state index contributed by atoms with van der Waals surface area (Å²) in [6.45, 7) is 2.70. The van der Waals surface area contributed by atoms with Crippen molar-refractivity contribution in [3.63, 3.8) is 0 Å². The summed E-state index contributed by atoms with van der Waals surface area (Å²) in [5, 5.41) is 11.8. The first-order valence-corrected chi connectivity index (χ1v) is 5.20. The van der Waals surface area contributed by atoms with Crippen LogP contribution in [0.25, 0.3) is 0 Å². The van der Waals surface area contributed by atoms with Gasteiger partial charge in [0.1, 0.15) is 0 Å². The molecule has 0 aliphatic carbocycles. The van der Waals surface area contributed by atoms with E-state index in [1.807, 2.05) is 17.7 Å². The largest absolute Gasteiger partial charge is 0.475 e. The predicted molar refractivity (Wildman–Crippen MR) is 61.0 cm³/mol. The zero-order valence-electron chi connectivity index (χ0n) is 9.33. The molecule has 90 valence electrons. The minimum absolute atomic E-state index is 0.0673. The molecule has 0 amide bonds. The van der Waals surface area contributed by atoms with Gasteiger partial charge in [0, 0.05) is 31.0 Å². The first kappa shape index (κ1) is 11.3. The Kier molecular flexibility index (Phi) is 3.13. The molecule has 17 heavy (non-hydrogen) atoms. The molecule has 2 heterocycles. The van der Waals surface area contributed by atoms with Gasteiger partial charge in [0.25, 0.3) is 0 Å². The maximum Gasteiger partial charge on any atom is 0.371 e. The van der Waals surface area contributed by atoms with Crippen LogP contribution in [-0.4, -0.2) is 26.7 Å². The van der Waals surface area contributed by atoms with Crippen LogP contribution in [0.1, 0.15) is 17.5 Å². The second-order valence-electron chi connectivity index (χ2n) is 3.77. The normalized spacial score (nSPS) is 12.3. The van der Waals surface area contributed by atoms with E-state index in [-0.39, 0.29) is 11.8 Å². The molecule has 0 saturated carbocycles. The molecule has 2 aromatic heterocycles. The van der Waals surface area contributed by atoms with Crippen molar-refractivity contribution in [3.05, 3.63) is 36.6 Å². The summed E-state index contributed by atoms with van der Waals surface area (Å²) in [6.07, 6.45) is 5.30. The Bertz CT molecular complexity index is 490. The molecule has 6 heteroatoms. The predicted octanol–water partition coefficient (Wildman–Crippen LogP) is 1.67. The van der Waals surface area contributed by atoms with Gasteiger partial charge in [0.05, 0.1) is 6.33 Å². The van der Waals surface area contributed by atoms with Crippen molar-refractivity contribution in [1.29, 1.82) is 0 Å². The van der Waals surface area contributed by atoms with E-state index in [1.54, 1.807) is 18.6 Å². The molecule has 2 rings (SSSR count). The van der Waals surface area contributed by atoms with Crippen LogP contribution in [0.3, 0.4) is 0 Å². The number of hydrogen-bond acceptors (Lipinski definition) is 4. The third kappa shape index (κ3) is 2.87. The molecule has 0 radical (unpaired) electrons. The monoisotopic (exact) mass is 235 g/mol. The van der Waals surface area contributed by atoms with Crippen molar-refractivity contribution in [2.45, 2.75) is 19.5 Å². The Hall–Kier alpha value is -2.24. The van der Waals surface area contributed by atoms with Crippen LogP contribution in [0, 0.1) is 0 Å². The smallest absolute Gasteiger partial charge is 0.371 e. The van der Waals surface area contributed by atoms with Crippen molar-refractivity contribution < 1.29 is 14.3 Å². The van der Waals surface area contributed by atoms with Gasteiger partial charge in [-0.2, -0.15) is 0 Å². The Morgan fingerprint density at radius 3 is 3.06 bits per heavy atom. The number of carboxylic acid groups (broad SMARTS) is 1. The van der Waals surface area contributed by atoms with Gasteiger partial charge >= 0.3 is 5.97 Å². The van der Waals surface area contributed by atoms with Crippen LogP contribution in [0.2, 0.25) is 0 Å². The number of aromatic carboxylic acids is 1. The number of furan rings is 1. The topological polar surface area (TPSA) is 80.3 Å². The van der Waals surface area contributed by atoms with Gasteiger partial charge in [-0.1, -0.05) is 0 Å². The van der Waals surface area contributed by atoms with Crippen molar-refractivity contribution in [1.82, 2.24) is 9.55 Å². The molecule has 0 aromatic carbocycles. The van der Waals surface area contributed by atoms with E-state index in [2.05, 4.69) is 10.3 Å². The number of hydrogen-bond donors (Lipinski definition) is 2. The molecule has 1 unspecified atom stereocenters. The number of carboxylic acids is 1. The lowest BCUT2D eigenvalue weighted by molar-refractivity contribution is 0.0663. The van der Waals surface area contributed by atoms with Crippen LogP contribution < -0.4 is 5.32 Å². The van der Waals surface area contributed by atoms with Crippen LogP contribution in [0.15, 0.2) is 35.3 Å². The Labute approximate surface area is 97.9 Å². The number of nitrogens with one attached hydrogen (secondary N) is 1. The van der Waals surface area contributed by atoms with Gasteiger partial charge in [-0.15, -0.1) is 0 Å². The molecule has 2 N–H and O–H groups in total. The fourth-order valence-corrected chi connectivity index (χ4v) is 1.53. The highest BCUT2D eigenvalue weighted by Crippen LogP contribution is 2.14. The van der Waals surface area contributed by atoms with E-state index in [1.165, 1.54) is 6.07 Å². The van der Waals surface area contributed by atoms with Crippen LogP contribution in [-0.2, 0) is 6.54 Å². The highest BCUT2D eigenvalue weighted by atomic mass is 16.4. The lowest BCUT2D eigenvalue weighted by Crippen LogP contribution is -2.20. The first-order valence-electron chi connectivity index (χ1n) is 5.20. The van der Waals surface area contributed by atoms with Gasteiger partial charge in [0.2, 0.25) is 5.76 Å². The van der Waals surface area contributed by atoms with E-state index >= 15 is 0 Å². The summed E-state index contributed by atoms with van der Waals surface area (Å²) in [5.74, 6) is -0.683. The highest BCUT2D eigenvalue weighted by molar-refractivity contribution is 5.84. The number of rotatable bonds is 5. The number of anilines is 1. The van der Waals surface area contributed by atoms with Gasteiger partial charge in [-0.3, -0.25) is 0 Å². The summed E-state index contributed by atoms with van der Waals surface area (Å²) in [6, 6.07) is 3.14. The minimum Gasteiger partial charge on any atom is -0.475 e. The molecule has 1 atom stereocenters. The summed E-state index contributed by atoms with van der Waals surface area (Å²) in [5.41, 5.74) is 0. The number of aromatic nitrogens is 2. The van der Waals surface area contributed by atoms with E-state index < -0.39 is 5.97 Å². The summed E-state index contributed by atoms with van der Waals surface area (Å²) < 4.78 is 7.03. The van der Waals surface area contributed by atoms with Crippen molar-refractivity contribution >= 4 is 11.9 Å². The molecular formula is C11H13N3O3. The van der Waals surface area contributed by atoms with Gasteiger partial charge in [-0.25, -0.2) is 9.78 Å². The number of imidazole rings is 1. The average Bonchev–Trinajstić information content (AvgIpc) is 2.88. The SMILES string of the molecule is CC(Cn1ccnc1)Nc1ccc(C(=O)O)o1. The number of carbonyl (C=O) groups is 1. The Morgan fingerprint density at radius 1 is 1.65 bits per heavy atom. The molecule has 0 spiro atoms. The maximum atomic E-state index is 10.6. The van der Waals surface area contributed by atoms with Crippen LogP contribution in [0.4, 0.5) is 5.88 Å². The zero-order valence-corrected chi connectivity index (χ0v) is 9.33. The molecule has 0 bridgehead atoms. The number of nitrogens with zero attached hydrogens (tertiary/aromatic N) is 2. The average molecular weight is 235 g/mol. The van der Waals surface area contributed by atoms with Crippen molar-refractivity contribution in [2.75, 3.05) is 5.32 Å². The quantitative estimate of drug-likeness (QED) is 0.824. The zero-order chi connectivity index (χ0) is 12.3. The van der Waals surface area contributed by atoms with E-state index in [0.29, 0.717) is 5.88 Å². The van der Waals surface area contributed by atoms with Gasteiger partial charge in [0.15, 0.2) is 5.88 Å². The van der Waals surface area contributed by atoms with E-state index in [9.17, 15) is 4.79 Å². The minimum atomic E-state index is -1.07. The summed E-state index contributed by atoms with van der Waals surface area (Å²) in [4.78, 5) is 14.6. The van der Waals surface area contributed by atoms with Gasteiger partial charge in [-0.05, 0) is 13.0 Å². The lowest BCUT2D eigenvalue weighted by atomic mass is 10.3. The van der Waals surface area contributed by atoms with Crippen molar-refractivity contribution in [3.8, 4) is 0 Å². The van der Waals surface area contributed by atoms with Gasteiger partial charge < -0.3 is 19.4 Å². The second kappa shape index (κ2) is 4.73. The van der Waals surface area contributed by atoms with E-state index in [0.717, 1.165) is 6.54 Å². The third-order valence-electron chi connectivity index (χ3n) is 2.25. The highest BCUT2D eigenvalue weighted by Gasteiger charge is 2.10. The molecule has 0 aliphatic heterocycles. The molecule has 0 aliphatic rings. The van der Waals surface area contributed by atoms with E-state index in [4.69, 9.17) is 9.52 Å². The molecule has 2 aromatic rings. The molecule has 6 nitrogen and oxygen atoms in total. The lowest BCUT2D eigenvalue weighted by Gasteiger charge is -2.13. The molecular weight excluding hydrogens is 222 g/mol. The van der Waals surface area contributed by atoms with Crippen LogP contribution >= 0.6 is 0 Å². The Balaban J connectivity index is 1.93. The first-order chi connectivity index (χ1) is 8.15. The fourth-order valence-electron chi connectivity index (χ4n) is 1.53.